The molecule has 7 heteroatoms. The molecule has 4 rings (SSSR count). The van der Waals surface area contributed by atoms with Crippen LogP contribution in [0.2, 0.25) is 0 Å². The number of nitrogens with one attached hydrogen (secondary N) is 1. The largest absolute Gasteiger partial charge is 0.545 e. The molecule has 21 heavy (non-hydrogen) atoms. The molecule has 0 unspecified atom stereocenters. The molecule has 0 spiro atoms. The van der Waals surface area contributed by atoms with Crippen molar-refractivity contribution in [3.8, 4) is 11.1 Å². The Morgan fingerprint density at radius 1 is 1.14 bits per heavy atom. The first kappa shape index (κ1) is 11.6. The zero-order valence-electron chi connectivity index (χ0n) is 10.7. The molecule has 0 bridgehead atoms. The van der Waals surface area contributed by atoms with E-state index in [4.69, 9.17) is 0 Å². The highest BCUT2D eigenvalue weighted by molar-refractivity contribution is 5.86. The molecule has 0 aliphatic heterocycles. The third kappa shape index (κ3) is 1.75. The molecular formula is C14H9N5O2. The van der Waals surface area contributed by atoms with Gasteiger partial charge in [-0.3, -0.25) is 0 Å². The molecule has 0 saturated heterocycles. The fourth-order valence-corrected chi connectivity index (χ4v) is 2.30. The lowest BCUT2D eigenvalue weighted by Gasteiger charge is -2.02. The maximum atomic E-state index is 10.8. The van der Waals surface area contributed by atoms with Gasteiger partial charge in [0.25, 0.3) is 5.65 Å². The van der Waals surface area contributed by atoms with Crippen molar-refractivity contribution in [1.82, 2.24) is 19.7 Å². The second-order valence-corrected chi connectivity index (χ2v) is 4.61. The summed E-state index contributed by atoms with van der Waals surface area (Å²) >= 11 is 0. The average molecular weight is 279 g/mol. The van der Waals surface area contributed by atoms with Gasteiger partial charge in [0, 0.05) is 5.56 Å². The van der Waals surface area contributed by atoms with Gasteiger partial charge in [-0.2, -0.15) is 5.10 Å². The number of carbonyl (C=O) groups excluding carboxylic acids is 1. The first-order valence-electron chi connectivity index (χ1n) is 6.27. The number of carboxylic acid groups (broad SMARTS) is 1. The Balaban J connectivity index is 1.85. The van der Waals surface area contributed by atoms with Crippen LogP contribution in [0.3, 0.4) is 0 Å². The molecule has 0 aliphatic rings. The normalized spacial score (nSPS) is 11.2. The van der Waals surface area contributed by atoms with Gasteiger partial charge in [-0.15, -0.1) is 9.50 Å². The topological polar surface area (TPSA) is 90.2 Å². The van der Waals surface area contributed by atoms with E-state index in [0.717, 1.165) is 16.8 Å². The molecule has 7 nitrogen and oxygen atoms in total. The molecule has 1 N–H and O–H groups in total. The molecule has 1 aromatic carbocycles. The fourth-order valence-electron chi connectivity index (χ4n) is 2.30. The number of aromatic carboxylic acids is 1. The SMILES string of the molecule is O=C([O-])c1ccc(-c2cn3[nH]c4nccnc4[n+]3c2)cc1. The van der Waals surface area contributed by atoms with Crippen molar-refractivity contribution in [3.05, 3.63) is 54.6 Å². The van der Waals surface area contributed by atoms with Crippen LogP contribution in [-0.4, -0.2) is 25.7 Å². The molecule has 0 amide bonds. The lowest BCUT2D eigenvalue weighted by molar-refractivity contribution is -0.594. The summed E-state index contributed by atoms with van der Waals surface area (Å²) in [6, 6.07) is 6.54. The predicted molar refractivity (Wildman–Crippen MR) is 70.3 cm³/mol. The van der Waals surface area contributed by atoms with Crippen LogP contribution in [0.15, 0.2) is 49.1 Å². The molecule has 0 atom stereocenters. The Hall–Kier alpha value is -3.22. The van der Waals surface area contributed by atoms with Crippen molar-refractivity contribution >= 4 is 17.3 Å². The van der Waals surface area contributed by atoms with Crippen LogP contribution < -0.4 is 9.62 Å². The van der Waals surface area contributed by atoms with Crippen LogP contribution >= 0.6 is 0 Å². The second-order valence-electron chi connectivity index (χ2n) is 4.61. The predicted octanol–water partition coefficient (Wildman–Crippen LogP) is -0.173. The summed E-state index contributed by atoms with van der Waals surface area (Å²) in [5, 5.41) is 13.9. The highest BCUT2D eigenvalue weighted by Crippen LogP contribution is 2.18. The van der Waals surface area contributed by atoms with Gasteiger partial charge in [0.05, 0.1) is 18.4 Å². The monoisotopic (exact) mass is 279 g/mol. The number of hydrogen-bond donors (Lipinski definition) is 1. The number of fused-ring (bicyclic) bond motifs is 3. The standard InChI is InChI=1S/C14H9N5O2/c20-14(21)10-3-1-9(2-4-10)11-7-18-13-12(15-5-6-16-13)17-19(18)8-11/h1-8H,(H-,15,17,20,21). The Morgan fingerprint density at radius 3 is 2.67 bits per heavy atom. The van der Waals surface area contributed by atoms with Gasteiger partial charge in [-0.05, 0) is 11.1 Å². The first-order chi connectivity index (χ1) is 10.2. The average Bonchev–Trinajstić information content (AvgIpc) is 3.05. The maximum Gasteiger partial charge on any atom is 0.346 e. The van der Waals surface area contributed by atoms with E-state index in [1.54, 1.807) is 29.2 Å². The highest BCUT2D eigenvalue weighted by atomic mass is 16.4. The molecule has 102 valence electrons. The summed E-state index contributed by atoms with van der Waals surface area (Å²) in [5.41, 5.74) is 3.41. The smallest absolute Gasteiger partial charge is 0.346 e. The van der Waals surface area contributed by atoms with Crippen molar-refractivity contribution in [2.24, 2.45) is 0 Å². The van der Waals surface area contributed by atoms with Crippen molar-refractivity contribution in [2.45, 2.75) is 0 Å². The molecule has 0 aliphatic carbocycles. The van der Waals surface area contributed by atoms with E-state index >= 15 is 0 Å². The molecule has 0 radical (unpaired) electrons. The van der Waals surface area contributed by atoms with Crippen LogP contribution in [-0.2, 0) is 0 Å². The number of H-pyrrole nitrogens is 1. The lowest BCUT2D eigenvalue weighted by Crippen LogP contribution is -2.24. The van der Waals surface area contributed by atoms with E-state index < -0.39 is 5.97 Å². The van der Waals surface area contributed by atoms with Crippen molar-refractivity contribution in [2.75, 3.05) is 0 Å². The number of carbonyl (C=O) groups is 1. The summed E-state index contributed by atoms with van der Waals surface area (Å²) in [6.45, 7) is 0. The number of aromatic nitrogens is 5. The number of hydrogen-bond acceptors (Lipinski definition) is 4. The second kappa shape index (κ2) is 4.14. The highest BCUT2D eigenvalue weighted by Gasteiger charge is 2.15. The van der Waals surface area contributed by atoms with Gasteiger partial charge in [-0.25, -0.2) is 4.98 Å². The lowest BCUT2D eigenvalue weighted by atomic mass is 10.1. The molecule has 0 saturated carbocycles. The van der Waals surface area contributed by atoms with Gasteiger partial charge in [0.2, 0.25) is 0 Å². The van der Waals surface area contributed by atoms with Gasteiger partial charge >= 0.3 is 5.65 Å². The first-order valence-corrected chi connectivity index (χ1v) is 6.27. The van der Waals surface area contributed by atoms with Gasteiger partial charge in [-0.1, -0.05) is 28.9 Å². The minimum absolute atomic E-state index is 0.160. The Kier molecular flexibility index (Phi) is 2.28. The van der Waals surface area contributed by atoms with E-state index in [1.807, 2.05) is 16.9 Å². The number of nitrogens with zero attached hydrogens (tertiary/aromatic N) is 4. The zero-order chi connectivity index (χ0) is 14.4. The van der Waals surface area contributed by atoms with E-state index in [9.17, 15) is 9.90 Å². The van der Waals surface area contributed by atoms with Gasteiger partial charge in [0.15, 0.2) is 0 Å². The summed E-state index contributed by atoms with van der Waals surface area (Å²) in [7, 11) is 0. The zero-order valence-corrected chi connectivity index (χ0v) is 10.7. The minimum Gasteiger partial charge on any atom is -0.545 e. The number of carboxylic acids is 1. The number of aromatic amines is 1. The minimum atomic E-state index is -1.18. The molecular weight excluding hydrogens is 270 g/mol. The van der Waals surface area contributed by atoms with Crippen molar-refractivity contribution in [1.29, 1.82) is 0 Å². The molecule has 3 aromatic heterocycles. The van der Waals surface area contributed by atoms with Crippen molar-refractivity contribution in [3.63, 3.8) is 0 Å². The summed E-state index contributed by atoms with van der Waals surface area (Å²) in [4.78, 5) is 19.2. The van der Waals surface area contributed by atoms with E-state index in [0.29, 0.717) is 5.65 Å². The van der Waals surface area contributed by atoms with E-state index in [2.05, 4.69) is 15.1 Å². The molecule has 4 aromatic rings. The maximum absolute atomic E-state index is 10.8. The molecule has 3 heterocycles. The summed E-state index contributed by atoms with van der Waals surface area (Å²) < 4.78 is 3.61. The Morgan fingerprint density at radius 2 is 1.90 bits per heavy atom. The summed E-state index contributed by atoms with van der Waals surface area (Å²) in [5.74, 6) is -1.18. The third-order valence-corrected chi connectivity index (χ3v) is 3.33. The fraction of sp³-hybridized carbons (Fsp3) is 0. The van der Waals surface area contributed by atoms with E-state index in [-0.39, 0.29) is 5.56 Å². The van der Waals surface area contributed by atoms with Crippen LogP contribution in [0, 0.1) is 0 Å². The summed E-state index contributed by atoms with van der Waals surface area (Å²) in [6.07, 6.45) is 7.04. The Labute approximate surface area is 118 Å². The number of rotatable bonds is 2. The van der Waals surface area contributed by atoms with Gasteiger partial charge in [0.1, 0.15) is 12.4 Å². The van der Waals surface area contributed by atoms with Crippen LogP contribution in [0.25, 0.3) is 22.4 Å². The Bertz CT molecular complexity index is 968. The van der Waals surface area contributed by atoms with Crippen LogP contribution in [0.4, 0.5) is 0 Å². The van der Waals surface area contributed by atoms with Gasteiger partial charge < -0.3 is 9.90 Å². The van der Waals surface area contributed by atoms with E-state index in [1.165, 1.54) is 12.1 Å². The molecule has 0 fully saturated rings. The third-order valence-electron chi connectivity index (χ3n) is 3.33. The number of benzene rings is 1. The van der Waals surface area contributed by atoms with Crippen LogP contribution in [0.1, 0.15) is 10.4 Å². The quantitative estimate of drug-likeness (QED) is 0.516. The van der Waals surface area contributed by atoms with Crippen LogP contribution in [0.5, 0.6) is 0 Å². The van der Waals surface area contributed by atoms with Crippen molar-refractivity contribution < 1.29 is 14.4 Å².